The first kappa shape index (κ1) is 18.7. The Morgan fingerprint density at radius 3 is 2.36 bits per heavy atom. The van der Waals surface area contributed by atoms with E-state index in [0.29, 0.717) is 6.42 Å². The summed E-state index contributed by atoms with van der Waals surface area (Å²) in [6, 6.07) is 9.13. The number of alkyl halides is 3. The number of allylic oxidation sites excluding steroid dienone is 1. The van der Waals surface area contributed by atoms with Gasteiger partial charge in [-0.25, -0.2) is 0 Å². The standard InChI is InChI=1S/C17H23F3O2/c1-3-4-10-15(17(18,19)20)11-12-16(22-13-21-2)14-8-6-5-7-9-14/h5-9,11-12,15-16H,3-4,10,13H2,1-2H3/b12-11+/t15?,16-/m0/s1. The molecule has 124 valence electrons. The van der Waals surface area contributed by atoms with Crippen molar-refractivity contribution in [3.05, 3.63) is 48.0 Å². The van der Waals surface area contributed by atoms with E-state index in [9.17, 15) is 13.2 Å². The number of ether oxygens (including phenoxy) is 2. The molecular formula is C17H23F3O2. The molecule has 1 aromatic carbocycles. The fraction of sp³-hybridized carbons (Fsp3) is 0.529. The van der Waals surface area contributed by atoms with Crippen LogP contribution in [-0.2, 0) is 9.47 Å². The molecule has 0 bridgehead atoms. The van der Waals surface area contributed by atoms with Crippen LogP contribution in [0, 0.1) is 5.92 Å². The van der Waals surface area contributed by atoms with Gasteiger partial charge in [-0.05, 0) is 12.0 Å². The summed E-state index contributed by atoms with van der Waals surface area (Å²) in [4.78, 5) is 0. The Kier molecular flexibility index (Phi) is 8.20. The van der Waals surface area contributed by atoms with E-state index in [1.165, 1.54) is 19.3 Å². The highest BCUT2D eigenvalue weighted by Crippen LogP contribution is 2.32. The second-order valence-corrected chi connectivity index (χ2v) is 5.08. The van der Waals surface area contributed by atoms with Gasteiger partial charge in [-0.3, -0.25) is 0 Å². The number of benzene rings is 1. The van der Waals surface area contributed by atoms with Crippen LogP contribution in [-0.4, -0.2) is 20.1 Å². The average Bonchev–Trinajstić information content (AvgIpc) is 2.49. The Morgan fingerprint density at radius 1 is 1.14 bits per heavy atom. The minimum Gasteiger partial charge on any atom is -0.359 e. The molecule has 0 spiro atoms. The van der Waals surface area contributed by atoms with Crippen molar-refractivity contribution in [2.45, 2.75) is 38.5 Å². The van der Waals surface area contributed by atoms with E-state index in [1.54, 1.807) is 0 Å². The molecule has 2 atom stereocenters. The molecule has 2 nitrogen and oxygen atoms in total. The fourth-order valence-electron chi connectivity index (χ4n) is 2.08. The Balaban J connectivity index is 2.85. The van der Waals surface area contributed by atoms with Crippen molar-refractivity contribution < 1.29 is 22.6 Å². The van der Waals surface area contributed by atoms with E-state index >= 15 is 0 Å². The first-order valence-electron chi connectivity index (χ1n) is 7.39. The number of halogens is 3. The molecule has 22 heavy (non-hydrogen) atoms. The first-order valence-corrected chi connectivity index (χ1v) is 7.39. The summed E-state index contributed by atoms with van der Waals surface area (Å²) in [7, 11) is 1.48. The summed E-state index contributed by atoms with van der Waals surface area (Å²) in [6.07, 6.45) is -0.707. The van der Waals surface area contributed by atoms with Crippen molar-refractivity contribution in [1.82, 2.24) is 0 Å². The maximum absolute atomic E-state index is 13.0. The summed E-state index contributed by atoms with van der Waals surface area (Å²) >= 11 is 0. The van der Waals surface area contributed by atoms with Crippen LogP contribution >= 0.6 is 0 Å². The first-order chi connectivity index (χ1) is 10.5. The van der Waals surface area contributed by atoms with Crippen LogP contribution < -0.4 is 0 Å². The van der Waals surface area contributed by atoms with E-state index in [1.807, 2.05) is 37.3 Å². The predicted octanol–water partition coefficient (Wildman–Crippen LogP) is 5.27. The van der Waals surface area contributed by atoms with Crippen molar-refractivity contribution >= 4 is 0 Å². The molecule has 0 saturated heterocycles. The Morgan fingerprint density at radius 2 is 1.82 bits per heavy atom. The smallest absolute Gasteiger partial charge is 0.359 e. The third kappa shape index (κ3) is 6.62. The Bertz CT molecular complexity index is 429. The van der Waals surface area contributed by atoms with Gasteiger partial charge in [-0.15, -0.1) is 0 Å². The second-order valence-electron chi connectivity index (χ2n) is 5.08. The summed E-state index contributed by atoms with van der Waals surface area (Å²) in [5.74, 6) is -1.44. The molecule has 0 N–H and O–H groups in total. The van der Waals surface area contributed by atoms with E-state index in [-0.39, 0.29) is 13.2 Å². The lowest BCUT2D eigenvalue weighted by molar-refractivity contribution is -0.163. The zero-order valence-corrected chi connectivity index (χ0v) is 13.0. The van der Waals surface area contributed by atoms with Crippen LogP contribution in [0.4, 0.5) is 13.2 Å². The average molecular weight is 316 g/mol. The SMILES string of the molecule is CCCCC(/C=C/[C@H](OCOC)c1ccccc1)C(F)(F)F. The molecule has 1 rings (SSSR count). The highest BCUT2D eigenvalue weighted by Gasteiger charge is 2.37. The highest BCUT2D eigenvalue weighted by molar-refractivity contribution is 5.21. The summed E-state index contributed by atoms with van der Waals surface area (Å²) in [5.41, 5.74) is 0.798. The largest absolute Gasteiger partial charge is 0.395 e. The van der Waals surface area contributed by atoms with Gasteiger partial charge in [-0.2, -0.15) is 13.2 Å². The molecule has 1 unspecified atom stereocenters. The van der Waals surface area contributed by atoms with E-state index < -0.39 is 18.2 Å². The number of methoxy groups -OCH3 is 1. The lowest BCUT2D eigenvalue weighted by Crippen LogP contribution is -2.21. The van der Waals surface area contributed by atoms with Gasteiger partial charge in [0.2, 0.25) is 0 Å². The van der Waals surface area contributed by atoms with Crippen LogP contribution in [0.3, 0.4) is 0 Å². The van der Waals surface area contributed by atoms with Gasteiger partial charge in [0.05, 0.1) is 5.92 Å². The maximum atomic E-state index is 13.0. The lowest BCUT2D eigenvalue weighted by atomic mass is 9.99. The van der Waals surface area contributed by atoms with Crippen LogP contribution in [0.15, 0.2) is 42.5 Å². The Hall–Kier alpha value is -1.33. The van der Waals surface area contributed by atoms with Crippen molar-refractivity contribution in [3.8, 4) is 0 Å². The molecule has 0 aliphatic rings. The third-order valence-electron chi connectivity index (χ3n) is 3.30. The minimum atomic E-state index is -4.23. The quantitative estimate of drug-likeness (QED) is 0.456. The number of hydrogen-bond donors (Lipinski definition) is 0. The normalized spacial score (nSPS) is 15.1. The van der Waals surface area contributed by atoms with Crippen molar-refractivity contribution in [2.24, 2.45) is 5.92 Å². The molecule has 0 amide bonds. The molecule has 0 aromatic heterocycles. The fourth-order valence-corrected chi connectivity index (χ4v) is 2.08. The van der Waals surface area contributed by atoms with Gasteiger partial charge in [0, 0.05) is 7.11 Å². The topological polar surface area (TPSA) is 18.5 Å². The number of rotatable bonds is 9. The molecule has 0 aliphatic carbocycles. The lowest BCUT2D eigenvalue weighted by Gasteiger charge is -2.18. The molecule has 0 radical (unpaired) electrons. The van der Waals surface area contributed by atoms with Gasteiger partial charge in [-0.1, -0.05) is 62.2 Å². The van der Waals surface area contributed by atoms with Gasteiger partial charge in [0.1, 0.15) is 12.9 Å². The van der Waals surface area contributed by atoms with Gasteiger partial charge in [0.15, 0.2) is 0 Å². The van der Waals surface area contributed by atoms with Crippen LogP contribution in [0.25, 0.3) is 0 Å². The number of hydrogen-bond acceptors (Lipinski definition) is 2. The molecule has 1 aromatic rings. The third-order valence-corrected chi connectivity index (χ3v) is 3.30. The van der Waals surface area contributed by atoms with E-state index in [4.69, 9.17) is 9.47 Å². The molecule has 5 heteroatoms. The highest BCUT2D eigenvalue weighted by atomic mass is 19.4. The summed E-state index contributed by atoms with van der Waals surface area (Å²) in [5, 5.41) is 0. The van der Waals surface area contributed by atoms with Gasteiger partial charge >= 0.3 is 6.18 Å². The molecule has 0 heterocycles. The second kappa shape index (κ2) is 9.64. The summed E-state index contributed by atoms with van der Waals surface area (Å²) in [6.45, 7) is 1.90. The monoisotopic (exact) mass is 316 g/mol. The predicted molar refractivity (Wildman–Crippen MR) is 80.4 cm³/mol. The molecule has 0 fully saturated rings. The number of unbranched alkanes of at least 4 members (excludes halogenated alkanes) is 1. The van der Waals surface area contributed by atoms with Crippen molar-refractivity contribution in [1.29, 1.82) is 0 Å². The Labute approximate surface area is 129 Å². The van der Waals surface area contributed by atoms with Crippen LogP contribution in [0.5, 0.6) is 0 Å². The molecule has 0 saturated carbocycles. The zero-order valence-electron chi connectivity index (χ0n) is 13.0. The van der Waals surface area contributed by atoms with Gasteiger partial charge in [0.25, 0.3) is 0 Å². The zero-order chi connectivity index (χ0) is 16.4. The summed E-state index contributed by atoms with van der Waals surface area (Å²) < 4.78 is 49.4. The van der Waals surface area contributed by atoms with Crippen LogP contribution in [0.1, 0.15) is 37.9 Å². The van der Waals surface area contributed by atoms with Crippen LogP contribution in [0.2, 0.25) is 0 Å². The minimum absolute atomic E-state index is 0.0234. The molecule has 0 aliphatic heterocycles. The van der Waals surface area contributed by atoms with Crippen molar-refractivity contribution in [2.75, 3.05) is 13.9 Å². The van der Waals surface area contributed by atoms with Gasteiger partial charge < -0.3 is 9.47 Å². The van der Waals surface area contributed by atoms with Crippen molar-refractivity contribution in [3.63, 3.8) is 0 Å². The van der Waals surface area contributed by atoms with E-state index in [0.717, 1.165) is 12.0 Å². The van der Waals surface area contributed by atoms with E-state index in [2.05, 4.69) is 0 Å². The maximum Gasteiger partial charge on any atom is 0.395 e. The molecular weight excluding hydrogens is 293 g/mol.